The number of hydrogen-bond donors (Lipinski definition) is 2. The van der Waals surface area contributed by atoms with Gasteiger partial charge < -0.3 is 5.73 Å². The molecule has 1 aromatic carbocycles. The normalized spacial score (nSPS) is 10.5. The van der Waals surface area contributed by atoms with Gasteiger partial charge in [-0.1, -0.05) is 6.07 Å². The van der Waals surface area contributed by atoms with Crippen LogP contribution in [0.2, 0.25) is 0 Å². The summed E-state index contributed by atoms with van der Waals surface area (Å²) in [4.78, 5) is 0. The fraction of sp³-hybridized carbons (Fsp3) is 0. The molecule has 0 saturated heterocycles. The van der Waals surface area contributed by atoms with Crippen LogP contribution < -0.4 is 16.6 Å². The minimum atomic E-state index is -0.326. The van der Waals surface area contributed by atoms with Crippen molar-refractivity contribution in [3.05, 3.63) is 42.5 Å². The zero-order valence-corrected chi connectivity index (χ0v) is 6.44. The van der Waals surface area contributed by atoms with Crippen molar-refractivity contribution >= 4 is 5.69 Å². The highest BCUT2D eigenvalue weighted by Gasteiger charge is 1.97. The Labute approximate surface area is 70.0 Å². The number of halogens is 1. The van der Waals surface area contributed by atoms with Gasteiger partial charge in [0.2, 0.25) is 0 Å². The first kappa shape index (κ1) is 8.55. The van der Waals surface area contributed by atoms with Crippen molar-refractivity contribution in [3.63, 3.8) is 0 Å². The van der Waals surface area contributed by atoms with E-state index in [9.17, 15) is 4.39 Å². The van der Waals surface area contributed by atoms with Gasteiger partial charge in [-0.15, -0.1) is 0 Å². The van der Waals surface area contributed by atoms with Crippen LogP contribution in [0.15, 0.2) is 36.7 Å². The Morgan fingerprint density at radius 2 is 2.17 bits per heavy atom. The summed E-state index contributed by atoms with van der Waals surface area (Å²) in [5.74, 6) is 5.15. The Balaban J connectivity index is 2.87. The van der Waals surface area contributed by atoms with Gasteiger partial charge >= 0.3 is 0 Å². The lowest BCUT2D eigenvalue weighted by Crippen LogP contribution is -2.24. The molecule has 0 bridgehead atoms. The van der Waals surface area contributed by atoms with Gasteiger partial charge in [-0.25, -0.2) is 10.2 Å². The zero-order valence-electron chi connectivity index (χ0n) is 6.44. The summed E-state index contributed by atoms with van der Waals surface area (Å²) < 4.78 is 12.6. The molecule has 0 atom stereocenters. The molecule has 0 unspecified atom stereocenters. The number of benzene rings is 1. The molecule has 1 aromatic rings. The summed E-state index contributed by atoms with van der Waals surface area (Å²) in [5, 5.41) is 1.24. The first-order valence-corrected chi connectivity index (χ1v) is 3.42. The van der Waals surface area contributed by atoms with E-state index < -0.39 is 0 Å². The Kier molecular flexibility index (Phi) is 2.66. The van der Waals surface area contributed by atoms with Crippen molar-refractivity contribution in [2.45, 2.75) is 0 Å². The van der Waals surface area contributed by atoms with Crippen molar-refractivity contribution in [3.8, 4) is 0 Å². The third-order valence-corrected chi connectivity index (χ3v) is 1.35. The van der Waals surface area contributed by atoms with Crippen molar-refractivity contribution in [1.29, 1.82) is 0 Å². The van der Waals surface area contributed by atoms with Gasteiger partial charge in [0.05, 0.1) is 5.69 Å². The van der Waals surface area contributed by atoms with E-state index in [0.29, 0.717) is 5.69 Å². The molecule has 0 aliphatic carbocycles. The second kappa shape index (κ2) is 3.73. The van der Waals surface area contributed by atoms with Crippen LogP contribution in [0.5, 0.6) is 0 Å². The Morgan fingerprint density at radius 3 is 2.75 bits per heavy atom. The summed E-state index contributed by atoms with van der Waals surface area (Å²) in [6.07, 6.45) is 2.72. The van der Waals surface area contributed by atoms with E-state index in [1.165, 1.54) is 29.5 Å². The van der Waals surface area contributed by atoms with Crippen LogP contribution in [0.25, 0.3) is 0 Å². The van der Waals surface area contributed by atoms with E-state index >= 15 is 0 Å². The second-order valence-corrected chi connectivity index (χ2v) is 2.23. The fourth-order valence-electron chi connectivity index (χ4n) is 0.816. The maximum atomic E-state index is 12.6. The van der Waals surface area contributed by atoms with Crippen LogP contribution in [0.1, 0.15) is 0 Å². The van der Waals surface area contributed by atoms with E-state index in [0.717, 1.165) is 0 Å². The van der Waals surface area contributed by atoms with Crippen LogP contribution in [-0.2, 0) is 0 Å². The lowest BCUT2D eigenvalue weighted by Gasteiger charge is -2.12. The fourth-order valence-corrected chi connectivity index (χ4v) is 0.816. The average Bonchev–Trinajstić information content (AvgIpc) is 2.05. The molecule has 64 valence electrons. The highest BCUT2D eigenvalue weighted by Crippen LogP contribution is 2.11. The molecule has 1 rings (SSSR count). The Bertz CT molecular complexity index is 285. The van der Waals surface area contributed by atoms with Gasteiger partial charge in [0.25, 0.3) is 0 Å². The van der Waals surface area contributed by atoms with Crippen LogP contribution in [0.4, 0.5) is 10.1 Å². The smallest absolute Gasteiger partial charge is 0.125 e. The minimum Gasteiger partial charge on any atom is -0.403 e. The molecule has 0 aliphatic rings. The largest absolute Gasteiger partial charge is 0.403 e. The van der Waals surface area contributed by atoms with Gasteiger partial charge in [-0.2, -0.15) is 0 Å². The van der Waals surface area contributed by atoms with Gasteiger partial charge in [0.1, 0.15) is 5.82 Å². The number of hydrogen-bond acceptors (Lipinski definition) is 3. The summed E-state index contributed by atoms with van der Waals surface area (Å²) in [5.41, 5.74) is 5.66. The molecule has 0 saturated carbocycles. The molecule has 0 heterocycles. The third-order valence-electron chi connectivity index (χ3n) is 1.35. The van der Waals surface area contributed by atoms with Crippen molar-refractivity contribution < 1.29 is 4.39 Å². The highest BCUT2D eigenvalue weighted by atomic mass is 19.1. The molecule has 4 N–H and O–H groups in total. The van der Waals surface area contributed by atoms with Gasteiger partial charge in [-0.3, -0.25) is 5.01 Å². The first-order chi connectivity index (χ1) is 5.74. The van der Waals surface area contributed by atoms with E-state index in [1.807, 2.05) is 0 Å². The molecule has 12 heavy (non-hydrogen) atoms. The van der Waals surface area contributed by atoms with E-state index in [-0.39, 0.29) is 5.82 Å². The van der Waals surface area contributed by atoms with Crippen LogP contribution >= 0.6 is 0 Å². The van der Waals surface area contributed by atoms with Gasteiger partial charge in [0.15, 0.2) is 0 Å². The molecule has 0 aromatic heterocycles. The van der Waals surface area contributed by atoms with Gasteiger partial charge in [0, 0.05) is 12.4 Å². The lowest BCUT2D eigenvalue weighted by atomic mass is 10.3. The summed E-state index contributed by atoms with van der Waals surface area (Å²) >= 11 is 0. The van der Waals surface area contributed by atoms with Crippen molar-refractivity contribution in [1.82, 2.24) is 0 Å². The molecule has 0 aliphatic heterocycles. The lowest BCUT2D eigenvalue weighted by molar-refractivity contribution is 0.627. The van der Waals surface area contributed by atoms with Crippen molar-refractivity contribution in [2.75, 3.05) is 5.01 Å². The minimum absolute atomic E-state index is 0.326. The van der Waals surface area contributed by atoms with Crippen LogP contribution in [-0.4, -0.2) is 0 Å². The van der Waals surface area contributed by atoms with Gasteiger partial charge in [-0.05, 0) is 18.2 Å². The molecular formula is C8H10FN3. The Morgan fingerprint density at radius 1 is 1.42 bits per heavy atom. The number of rotatable bonds is 2. The summed E-state index contributed by atoms with van der Waals surface area (Å²) in [7, 11) is 0. The molecule has 0 fully saturated rings. The quantitative estimate of drug-likeness (QED) is 0.509. The third kappa shape index (κ3) is 1.96. The molecular weight excluding hydrogens is 157 g/mol. The second-order valence-electron chi connectivity index (χ2n) is 2.23. The van der Waals surface area contributed by atoms with E-state index in [2.05, 4.69) is 0 Å². The topological polar surface area (TPSA) is 55.3 Å². The number of hydrazine groups is 1. The highest BCUT2D eigenvalue weighted by molar-refractivity contribution is 5.47. The SMILES string of the molecule is N/C=C\N(N)c1cccc(F)c1. The summed E-state index contributed by atoms with van der Waals surface area (Å²) in [6, 6.07) is 5.93. The molecule has 3 nitrogen and oxygen atoms in total. The monoisotopic (exact) mass is 167 g/mol. The number of nitrogens with zero attached hydrogens (tertiary/aromatic N) is 1. The van der Waals surface area contributed by atoms with Crippen LogP contribution in [0.3, 0.4) is 0 Å². The standard InChI is InChI=1S/C8H10FN3/c9-7-2-1-3-8(6-7)12(11)5-4-10/h1-6H,10-11H2/b5-4-. The zero-order chi connectivity index (χ0) is 8.97. The van der Waals surface area contributed by atoms with E-state index in [4.69, 9.17) is 11.6 Å². The predicted octanol–water partition coefficient (Wildman–Crippen LogP) is 0.936. The number of nitrogens with two attached hydrogens (primary N) is 2. The average molecular weight is 167 g/mol. The molecule has 4 heteroatoms. The molecule has 0 spiro atoms. The maximum absolute atomic E-state index is 12.6. The number of anilines is 1. The molecule has 0 amide bonds. The summed E-state index contributed by atoms with van der Waals surface area (Å²) in [6.45, 7) is 0. The van der Waals surface area contributed by atoms with Crippen LogP contribution in [0, 0.1) is 5.82 Å². The maximum Gasteiger partial charge on any atom is 0.125 e. The predicted molar refractivity (Wildman–Crippen MR) is 46.4 cm³/mol. The Hall–Kier alpha value is -1.55. The first-order valence-electron chi connectivity index (χ1n) is 3.42. The molecule has 0 radical (unpaired) electrons. The van der Waals surface area contributed by atoms with Crippen molar-refractivity contribution in [2.24, 2.45) is 11.6 Å². The van der Waals surface area contributed by atoms with E-state index in [1.54, 1.807) is 12.1 Å².